The van der Waals surface area contributed by atoms with Gasteiger partial charge in [-0.1, -0.05) is 49.7 Å². The summed E-state index contributed by atoms with van der Waals surface area (Å²) < 4.78 is 0.865. The van der Waals surface area contributed by atoms with E-state index in [1.54, 1.807) is 11.3 Å². The Hall–Kier alpha value is -0.830. The van der Waals surface area contributed by atoms with Gasteiger partial charge in [0.05, 0.1) is 4.34 Å². The zero-order valence-electron chi connectivity index (χ0n) is 12.8. The first kappa shape index (κ1) is 15.1. The number of hydrogen-bond acceptors (Lipinski definition) is 2. The van der Waals surface area contributed by atoms with E-state index in [-0.39, 0.29) is 5.41 Å². The summed E-state index contributed by atoms with van der Waals surface area (Å²) in [6, 6.07) is 13.8. The number of hydrogen-bond donors (Lipinski definition) is 1. The second-order valence-corrected chi connectivity index (χ2v) is 8.34. The number of rotatable bonds is 3. The van der Waals surface area contributed by atoms with Crippen LogP contribution in [0, 0.1) is 0 Å². The van der Waals surface area contributed by atoms with Crippen molar-refractivity contribution in [2.24, 2.45) is 0 Å². The quantitative estimate of drug-likeness (QED) is 0.746. The summed E-state index contributed by atoms with van der Waals surface area (Å²) in [6.45, 7) is 6.93. The van der Waals surface area contributed by atoms with Gasteiger partial charge in [0.25, 0.3) is 0 Å². The molecule has 0 amide bonds. The molecule has 0 bridgehead atoms. The lowest BCUT2D eigenvalue weighted by Crippen LogP contribution is -2.33. The Morgan fingerprint density at radius 2 is 2.00 bits per heavy atom. The minimum Gasteiger partial charge on any atom is -0.303 e. The fourth-order valence-electron chi connectivity index (χ4n) is 3.33. The van der Waals surface area contributed by atoms with Gasteiger partial charge in [-0.05, 0) is 48.4 Å². The van der Waals surface area contributed by atoms with Crippen LogP contribution in [-0.4, -0.2) is 0 Å². The van der Waals surface area contributed by atoms with Gasteiger partial charge >= 0.3 is 0 Å². The van der Waals surface area contributed by atoms with Gasteiger partial charge in [0.2, 0.25) is 0 Å². The minimum absolute atomic E-state index is 0.282. The largest absolute Gasteiger partial charge is 0.303 e. The van der Waals surface area contributed by atoms with Crippen LogP contribution >= 0.6 is 22.9 Å². The number of fused-ring (bicyclic) bond motifs is 1. The monoisotopic (exact) mass is 319 g/mol. The highest BCUT2D eigenvalue weighted by Crippen LogP contribution is 2.42. The standard InChI is InChI=1S/C18H22ClNS/c1-12(16-8-9-17(19)21-16)20-15-10-11-18(2,3)14-7-5-4-6-13(14)15/h4-9,12,15,20H,10-11H2,1-3H3. The molecule has 2 atom stereocenters. The first-order valence-corrected chi connectivity index (χ1v) is 8.77. The SMILES string of the molecule is CC(NC1CCC(C)(C)c2ccccc21)c1ccc(Cl)s1. The molecule has 0 aliphatic heterocycles. The van der Waals surface area contributed by atoms with Gasteiger partial charge in [0.1, 0.15) is 0 Å². The molecule has 1 aromatic carbocycles. The lowest BCUT2D eigenvalue weighted by molar-refractivity contribution is 0.341. The van der Waals surface area contributed by atoms with E-state index in [1.165, 1.54) is 28.8 Å². The van der Waals surface area contributed by atoms with Crippen molar-refractivity contribution < 1.29 is 0 Å². The van der Waals surface area contributed by atoms with E-state index >= 15 is 0 Å². The predicted molar refractivity (Wildman–Crippen MR) is 92.3 cm³/mol. The summed E-state index contributed by atoms with van der Waals surface area (Å²) in [5.74, 6) is 0. The first-order chi connectivity index (χ1) is 9.97. The van der Waals surface area contributed by atoms with Crippen molar-refractivity contribution in [1.29, 1.82) is 0 Å². The van der Waals surface area contributed by atoms with Crippen molar-refractivity contribution in [1.82, 2.24) is 5.32 Å². The summed E-state index contributed by atoms with van der Waals surface area (Å²) >= 11 is 7.72. The fourth-order valence-corrected chi connectivity index (χ4v) is 4.40. The van der Waals surface area contributed by atoms with Gasteiger partial charge in [-0.2, -0.15) is 0 Å². The van der Waals surface area contributed by atoms with Gasteiger partial charge < -0.3 is 5.32 Å². The second kappa shape index (κ2) is 5.75. The van der Waals surface area contributed by atoms with Gasteiger partial charge in [-0.25, -0.2) is 0 Å². The van der Waals surface area contributed by atoms with Crippen molar-refractivity contribution in [3.63, 3.8) is 0 Å². The summed E-state index contributed by atoms with van der Waals surface area (Å²) in [7, 11) is 0. The number of halogens is 1. The predicted octanol–water partition coefficient (Wildman–Crippen LogP) is 5.86. The molecular weight excluding hydrogens is 298 g/mol. The molecular formula is C18H22ClNS. The molecule has 1 N–H and O–H groups in total. The van der Waals surface area contributed by atoms with E-state index in [1.807, 2.05) is 6.07 Å². The molecule has 0 radical (unpaired) electrons. The van der Waals surface area contributed by atoms with Gasteiger partial charge in [0.15, 0.2) is 0 Å². The van der Waals surface area contributed by atoms with Gasteiger partial charge in [-0.15, -0.1) is 11.3 Å². The maximum atomic E-state index is 6.06. The topological polar surface area (TPSA) is 12.0 Å². The third kappa shape index (κ3) is 3.03. The Kier molecular flexibility index (Phi) is 4.13. The Morgan fingerprint density at radius 1 is 1.24 bits per heavy atom. The summed E-state index contributed by atoms with van der Waals surface area (Å²) in [6.07, 6.45) is 2.41. The second-order valence-electron chi connectivity index (χ2n) is 6.59. The molecule has 1 aliphatic carbocycles. The zero-order valence-corrected chi connectivity index (χ0v) is 14.4. The van der Waals surface area contributed by atoms with Crippen molar-refractivity contribution in [2.45, 2.75) is 51.1 Å². The van der Waals surface area contributed by atoms with Crippen LogP contribution in [0.3, 0.4) is 0 Å². The fraction of sp³-hybridized carbons (Fsp3) is 0.444. The molecule has 2 unspecified atom stereocenters. The molecule has 3 heteroatoms. The Balaban J connectivity index is 1.84. The molecule has 1 nitrogen and oxygen atoms in total. The van der Waals surface area contributed by atoms with Crippen LogP contribution in [0.2, 0.25) is 4.34 Å². The van der Waals surface area contributed by atoms with Crippen molar-refractivity contribution in [3.05, 3.63) is 56.7 Å². The lowest BCUT2D eigenvalue weighted by Gasteiger charge is -2.38. The summed E-state index contributed by atoms with van der Waals surface area (Å²) in [4.78, 5) is 1.31. The summed E-state index contributed by atoms with van der Waals surface area (Å²) in [5.41, 5.74) is 3.23. The van der Waals surface area contributed by atoms with Crippen LogP contribution in [-0.2, 0) is 5.41 Å². The third-order valence-corrected chi connectivity index (χ3v) is 6.01. The highest BCUT2D eigenvalue weighted by Gasteiger charge is 2.32. The average Bonchev–Trinajstić information content (AvgIpc) is 2.89. The molecule has 21 heavy (non-hydrogen) atoms. The molecule has 0 saturated carbocycles. The molecule has 0 fully saturated rings. The third-order valence-electron chi connectivity index (χ3n) is 4.60. The molecule has 2 aromatic rings. The Bertz CT molecular complexity index is 632. The van der Waals surface area contributed by atoms with Crippen LogP contribution in [0.1, 0.15) is 61.7 Å². The van der Waals surface area contributed by atoms with Crippen LogP contribution in [0.5, 0.6) is 0 Å². The molecule has 1 aliphatic rings. The number of nitrogens with one attached hydrogen (secondary N) is 1. The highest BCUT2D eigenvalue weighted by molar-refractivity contribution is 7.16. The van der Waals surface area contributed by atoms with Crippen molar-refractivity contribution in [2.75, 3.05) is 0 Å². The van der Waals surface area contributed by atoms with Crippen LogP contribution < -0.4 is 5.32 Å². The molecule has 1 aromatic heterocycles. The molecule has 112 valence electrons. The molecule has 3 rings (SSSR count). The normalized spacial score (nSPS) is 21.8. The van der Waals surface area contributed by atoms with E-state index in [9.17, 15) is 0 Å². The van der Waals surface area contributed by atoms with Crippen LogP contribution in [0.15, 0.2) is 36.4 Å². The van der Waals surface area contributed by atoms with Gasteiger partial charge in [0, 0.05) is 17.0 Å². The Labute approximate surface area is 136 Å². The van der Waals surface area contributed by atoms with E-state index in [4.69, 9.17) is 11.6 Å². The Morgan fingerprint density at radius 3 is 2.71 bits per heavy atom. The summed E-state index contributed by atoms with van der Waals surface area (Å²) in [5, 5.41) is 3.79. The highest BCUT2D eigenvalue weighted by atomic mass is 35.5. The number of benzene rings is 1. The molecule has 0 spiro atoms. The zero-order chi connectivity index (χ0) is 15.0. The molecule has 0 saturated heterocycles. The van der Waals surface area contributed by atoms with Crippen LogP contribution in [0.4, 0.5) is 0 Å². The lowest BCUT2D eigenvalue weighted by atomic mass is 9.71. The average molecular weight is 320 g/mol. The van der Waals surface area contributed by atoms with E-state index in [0.717, 1.165) is 4.34 Å². The smallest absolute Gasteiger partial charge is 0.0931 e. The van der Waals surface area contributed by atoms with Crippen molar-refractivity contribution in [3.8, 4) is 0 Å². The minimum atomic E-state index is 0.282. The van der Waals surface area contributed by atoms with Crippen molar-refractivity contribution >= 4 is 22.9 Å². The van der Waals surface area contributed by atoms with E-state index < -0.39 is 0 Å². The number of thiophene rings is 1. The molecule has 1 heterocycles. The maximum Gasteiger partial charge on any atom is 0.0931 e. The van der Waals surface area contributed by atoms with Crippen LogP contribution in [0.25, 0.3) is 0 Å². The maximum absolute atomic E-state index is 6.06. The first-order valence-electron chi connectivity index (χ1n) is 7.58. The van der Waals surface area contributed by atoms with E-state index in [2.05, 4.69) is 56.4 Å². The van der Waals surface area contributed by atoms with E-state index in [0.29, 0.717) is 12.1 Å². The van der Waals surface area contributed by atoms with Gasteiger partial charge in [-0.3, -0.25) is 0 Å².